The Bertz CT molecular complexity index is 670. The summed E-state index contributed by atoms with van der Waals surface area (Å²) in [6.45, 7) is 4.60. The van der Waals surface area contributed by atoms with Crippen LogP contribution in [0.3, 0.4) is 0 Å². The van der Waals surface area contributed by atoms with Crippen LogP contribution in [0, 0.1) is 0 Å². The lowest BCUT2D eigenvalue weighted by molar-refractivity contribution is -0.133. The Labute approximate surface area is 135 Å². The SMILES string of the molecule is COCC(C)(C)n1c(SCC(=O)O)nc2ccc(Br)cc21. The number of carbonyl (C=O) groups is 1. The molecule has 1 heterocycles. The van der Waals surface area contributed by atoms with E-state index in [4.69, 9.17) is 9.84 Å². The van der Waals surface area contributed by atoms with E-state index in [1.54, 1.807) is 7.11 Å². The zero-order chi connectivity index (χ0) is 15.6. The topological polar surface area (TPSA) is 64.3 Å². The van der Waals surface area contributed by atoms with Crippen LogP contribution < -0.4 is 0 Å². The third-order valence-electron chi connectivity index (χ3n) is 3.01. The number of imidazole rings is 1. The van der Waals surface area contributed by atoms with Gasteiger partial charge in [0.2, 0.25) is 0 Å². The number of aromatic nitrogens is 2. The molecule has 114 valence electrons. The molecule has 2 rings (SSSR count). The summed E-state index contributed by atoms with van der Waals surface area (Å²) in [6.07, 6.45) is 0. The molecule has 0 saturated heterocycles. The molecule has 0 saturated carbocycles. The molecule has 0 amide bonds. The molecule has 0 aliphatic carbocycles. The first-order valence-electron chi connectivity index (χ1n) is 6.37. The third-order valence-corrected chi connectivity index (χ3v) is 4.43. The van der Waals surface area contributed by atoms with Crippen LogP contribution in [-0.2, 0) is 15.1 Å². The molecule has 2 aromatic rings. The average Bonchev–Trinajstić information content (AvgIpc) is 2.74. The van der Waals surface area contributed by atoms with E-state index >= 15 is 0 Å². The van der Waals surface area contributed by atoms with Gasteiger partial charge in [0.15, 0.2) is 5.16 Å². The van der Waals surface area contributed by atoms with Gasteiger partial charge in [0.25, 0.3) is 0 Å². The fourth-order valence-electron chi connectivity index (χ4n) is 2.25. The van der Waals surface area contributed by atoms with Gasteiger partial charge in [-0.05, 0) is 32.0 Å². The van der Waals surface area contributed by atoms with Gasteiger partial charge in [-0.1, -0.05) is 27.7 Å². The maximum atomic E-state index is 10.8. The maximum absolute atomic E-state index is 10.8. The number of benzene rings is 1. The first-order chi connectivity index (χ1) is 9.85. The molecule has 1 aromatic heterocycles. The van der Waals surface area contributed by atoms with Crippen molar-refractivity contribution in [2.45, 2.75) is 24.5 Å². The summed E-state index contributed by atoms with van der Waals surface area (Å²) >= 11 is 4.69. The van der Waals surface area contributed by atoms with Gasteiger partial charge in [-0.15, -0.1) is 0 Å². The molecule has 0 unspecified atom stereocenters. The van der Waals surface area contributed by atoms with Crippen LogP contribution in [0.15, 0.2) is 27.8 Å². The smallest absolute Gasteiger partial charge is 0.313 e. The number of thioether (sulfide) groups is 1. The number of halogens is 1. The van der Waals surface area contributed by atoms with E-state index in [1.165, 1.54) is 11.8 Å². The molecule has 0 aliphatic rings. The molecular weight excluding hydrogens is 356 g/mol. The molecule has 7 heteroatoms. The Hall–Kier alpha value is -1.05. The predicted molar refractivity (Wildman–Crippen MR) is 87.0 cm³/mol. The molecule has 1 N–H and O–H groups in total. The van der Waals surface area contributed by atoms with Crippen LogP contribution in [0.4, 0.5) is 0 Å². The Balaban J connectivity index is 2.58. The Kier molecular flexibility index (Phi) is 4.95. The summed E-state index contributed by atoms with van der Waals surface area (Å²) in [5.41, 5.74) is 1.47. The number of fused-ring (bicyclic) bond motifs is 1. The van der Waals surface area contributed by atoms with Crippen molar-refractivity contribution in [3.8, 4) is 0 Å². The summed E-state index contributed by atoms with van der Waals surface area (Å²) in [5, 5.41) is 9.59. The summed E-state index contributed by atoms with van der Waals surface area (Å²) in [7, 11) is 1.65. The quantitative estimate of drug-likeness (QED) is 0.787. The second kappa shape index (κ2) is 6.37. The second-order valence-corrected chi connectivity index (χ2v) is 7.15. The van der Waals surface area contributed by atoms with Crippen molar-refractivity contribution in [3.63, 3.8) is 0 Å². The molecule has 0 atom stereocenters. The van der Waals surface area contributed by atoms with E-state index < -0.39 is 5.97 Å². The van der Waals surface area contributed by atoms with E-state index in [2.05, 4.69) is 20.9 Å². The molecule has 1 aromatic carbocycles. The van der Waals surface area contributed by atoms with E-state index in [9.17, 15) is 4.79 Å². The first-order valence-corrected chi connectivity index (χ1v) is 8.15. The van der Waals surface area contributed by atoms with Gasteiger partial charge in [-0.25, -0.2) is 4.98 Å². The predicted octanol–water partition coefficient (Wildman–Crippen LogP) is 3.36. The molecule has 5 nitrogen and oxygen atoms in total. The van der Waals surface area contributed by atoms with Gasteiger partial charge >= 0.3 is 5.97 Å². The standard InChI is InChI=1S/C14H17BrN2O3S/c1-14(2,8-20-3)17-11-6-9(15)4-5-10(11)16-13(17)21-7-12(18)19/h4-6H,7-8H2,1-3H3,(H,18,19). The van der Waals surface area contributed by atoms with Crippen molar-refractivity contribution in [1.29, 1.82) is 0 Å². The van der Waals surface area contributed by atoms with Crippen molar-refractivity contribution in [2.24, 2.45) is 0 Å². The van der Waals surface area contributed by atoms with Gasteiger partial charge < -0.3 is 14.4 Å². The monoisotopic (exact) mass is 372 g/mol. The normalized spacial score (nSPS) is 12.0. The second-order valence-electron chi connectivity index (χ2n) is 5.29. The zero-order valence-electron chi connectivity index (χ0n) is 12.1. The molecule has 0 fully saturated rings. The fourth-order valence-corrected chi connectivity index (χ4v) is 3.49. The molecule has 0 aliphatic heterocycles. The third kappa shape index (κ3) is 3.59. The van der Waals surface area contributed by atoms with Crippen molar-refractivity contribution in [2.75, 3.05) is 19.5 Å². The number of rotatable bonds is 6. The number of ether oxygens (including phenoxy) is 1. The molecule has 21 heavy (non-hydrogen) atoms. The highest BCUT2D eigenvalue weighted by molar-refractivity contribution is 9.10. The summed E-state index contributed by atoms with van der Waals surface area (Å²) in [4.78, 5) is 15.4. The van der Waals surface area contributed by atoms with Crippen LogP contribution in [0.1, 0.15) is 13.8 Å². The molecule has 0 radical (unpaired) electrons. The van der Waals surface area contributed by atoms with Crippen molar-refractivity contribution >= 4 is 44.7 Å². The highest BCUT2D eigenvalue weighted by Gasteiger charge is 2.26. The maximum Gasteiger partial charge on any atom is 0.313 e. The minimum Gasteiger partial charge on any atom is -0.481 e. The first kappa shape index (κ1) is 16.3. The zero-order valence-corrected chi connectivity index (χ0v) is 14.5. The lowest BCUT2D eigenvalue weighted by Crippen LogP contribution is -2.32. The highest BCUT2D eigenvalue weighted by Crippen LogP contribution is 2.32. The Morgan fingerprint density at radius 2 is 2.24 bits per heavy atom. The number of methoxy groups -OCH3 is 1. The van der Waals surface area contributed by atoms with E-state index in [-0.39, 0.29) is 11.3 Å². The largest absolute Gasteiger partial charge is 0.481 e. The summed E-state index contributed by atoms with van der Waals surface area (Å²) in [6, 6.07) is 5.84. The van der Waals surface area contributed by atoms with Gasteiger partial charge in [0, 0.05) is 11.6 Å². The average molecular weight is 373 g/mol. The van der Waals surface area contributed by atoms with E-state index in [0.717, 1.165) is 15.5 Å². The van der Waals surface area contributed by atoms with E-state index in [1.807, 2.05) is 36.6 Å². The van der Waals surface area contributed by atoms with Crippen LogP contribution in [0.25, 0.3) is 11.0 Å². The lowest BCUT2D eigenvalue weighted by atomic mass is 10.1. The van der Waals surface area contributed by atoms with Crippen LogP contribution >= 0.6 is 27.7 Å². The molecule has 0 spiro atoms. The van der Waals surface area contributed by atoms with Crippen molar-refractivity contribution in [3.05, 3.63) is 22.7 Å². The highest BCUT2D eigenvalue weighted by atomic mass is 79.9. The van der Waals surface area contributed by atoms with Gasteiger partial charge in [0.05, 0.1) is 28.9 Å². The Morgan fingerprint density at radius 3 is 2.86 bits per heavy atom. The number of hydrogen-bond donors (Lipinski definition) is 1. The summed E-state index contributed by atoms with van der Waals surface area (Å²) in [5.74, 6) is -0.877. The van der Waals surface area contributed by atoms with Crippen LogP contribution in [0.2, 0.25) is 0 Å². The van der Waals surface area contributed by atoms with Crippen molar-refractivity contribution in [1.82, 2.24) is 9.55 Å². The number of carboxylic acid groups (broad SMARTS) is 1. The minimum atomic E-state index is -0.857. The van der Waals surface area contributed by atoms with Crippen LogP contribution in [0.5, 0.6) is 0 Å². The molecule has 0 bridgehead atoms. The minimum absolute atomic E-state index is 0.0203. The number of aliphatic carboxylic acids is 1. The lowest BCUT2D eigenvalue weighted by Gasteiger charge is -2.28. The number of nitrogens with zero attached hydrogens (tertiary/aromatic N) is 2. The fraction of sp³-hybridized carbons (Fsp3) is 0.429. The van der Waals surface area contributed by atoms with Gasteiger partial charge in [-0.2, -0.15) is 0 Å². The van der Waals surface area contributed by atoms with Crippen molar-refractivity contribution < 1.29 is 14.6 Å². The van der Waals surface area contributed by atoms with Gasteiger partial charge in [-0.3, -0.25) is 4.79 Å². The van der Waals surface area contributed by atoms with Crippen LogP contribution in [-0.4, -0.2) is 40.1 Å². The van der Waals surface area contributed by atoms with Gasteiger partial charge in [0.1, 0.15) is 0 Å². The Morgan fingerprint density at radius 1 is 1.52 bits per heavy atom. The number of hydrogen-bond acceptors (Lipinski definition) is 4. The molecular formula is C14H17BrN2O3S. The number of carboxylic acids is 1. The van der Waals surface area contributed by atoms with E-state index in [0.29, 0.717) is 11.8 Å². The summed E-state index contributed by atoms with van der Waals surface area (Å²) < 4.78 is 8.31.